The van der Waals surface area contributed by atoms with Crippen molar-refractivity contribution in [3.05, 3.63) is 0 Å². The van der Waals surface area contributed by atoms with Crippen molar-refractivity contribution in [2.45, 2.75) is 51.7 Å². The monoisotopic (exact) mass is 243 g/mol. The second kappa shape index (κ2) is 4.49. The van der Waals surface area contributed by atoms with Crippen molar-refractivity contribution in [2.75, 3.05) is 6.61 Å². The van der Waals surface area contributed by atoms with E-state index in [0.29, 0.717) is 5.92 Å². The van der Waals surface area contributed by atoms with Crippen LogP contribution in [0.25, 0.3) is 0 Å². The van der Waals surface area contributed by atoms with Crippen LogP contribution in [0.5, 0.6) is 0 Å². The number of primary amides is 1. The third kappa shape index (κ3) is 3.32. The van der Waals surface area contributed by atoms with E-state index in [9.17, 15) is 4.79 Å². The molecular weight excluding hydrogens is 218 g/mol. The summed E-state index contributed by atoms with van der Waals surface area (Å²) in [7, 11) is -1.61. The maximum atomic E-state index is 10.9. The van der Waals surface area contributed by atoms with Crippen LogP contribution in [0, 0.1) is 11.8 Å². The van der Waals surface area contributed by atoms with Gasteiger partial charge in [0.15, 0.2) is 8.32 Å². The van der Waals surface area contributed by atoms with Gasteiger partial charge in [0.2, 0.25) is 5.91 Å². The van der Waals surface area contributed by atoms with Crippen LogP contribution in [0.4, 0.5) is 0 Å². The molecule has 0 unspecified atom stereocenters. The lowest BCUT2D eigenvalue weighted by Gasteiger charge is -2.36. The maximum Gasteiger partial charge on any atom is 0.220 e. The third-order valence-corrected chi connectivity index (χ3v) is 8.58. The van der Waals surface area contributed by atoms with Gasteiger partial charge in [0.05, 0.1) is 0 Å². The van der Waals surface area contributed by atoms with Gasteiger partial charge in [0.1, 0.15) is 0 Å². The summed E-state index contributed by atoms with van der Waals surface area (Å²) in [6.07, 6.45) is 1.95. The fourth-order valence-electron chi connectivity index (χ4n) is 1.60. The molecule has 0 aromatic heterocycles. The SMILES string of the molecule is CC(C)(C)[Si](C)(C)OCC[C@H]1C[C@@H]1C(N)=O. The van der Waals surface area contributed by atoms with Crippen molar-refractivity contribution in [3.8, 4) is 0 Å². The summed E-state index contributed by atoms with van der Waals surface area (Å²) in [6.45, 7) is 12.0. The zero-order chi connectivity index (χ0) is 12.6. The van der Waals surface area contributed by atoms with Crippen LogP contribution in [-0.2, 0) is 9.22 Å². The molecular formula is C12H25NO2Si. The fraction of sp³-hybridized carbons (Fsp3) is 0.917. The molecule has 0 bridgehead atoms. The molecule has 0 heterocycles. The molecule has 2 atom stereocenters. The van der Waals surface area contributed by atoms with Crippen molar-refractivity contribution in [1.82, 2.24) is 0 Å². The predicted molar refractivity (Wildman–Crippen MR) is 68.6 cm³/mol. The van der Waals surface area contributed by atoms with Crippen LogP contribution in [0.2, 0.25) is 18.1 Å². The van der Waals surface area contributed by atoms with Crippen molar-refractivity contribution >= 4 is 14.2 Å². The van der Waals surface area contributed by atoms with Gasteiger partial charge in [-0.1, -0.05) is 20.8 Å². The van der Waals surface area contributed by atoms with E-state index >= 15 is 0 Å². The van der Waals surface area contributed by atoms with Crippen LogP contribution in [0.1, 0.15) is 33.6 Å². The number of hydrogen-bond donors (Lipinski definition) is 1. The van der Waals surface area contributed by atoms with E-state index in [-0.39, 0.29) is 16.9 Å². The molecule has 0 aliphatic heterocycles. The van der Waals surface area contributed by atoms with Gasteiger partial charge in [-0.2, -0.15) is 0 Å². The van der Waals surface area contributed by atoms with Crippen LogP contribution < -0.4 is 5.73 Å². The topological polar surface area (TPSA) is 52.3 Å². The Morgan fingerprint density at radius 3 is 2.38 bits per heavy atom. The van der Waals surface area contributed by atoms with E-state index in [0.717, 1.165) is 19.4 Å². The molecule has 0 radical (unpaired) electrons. The Balaban J connectivity index is 2.24. The predicted octanol–water partition coefficient (Wildman–Crippen LogP) is 2.52. The van der Waals surface area contributed by atoms with Crippen LogP contribution in [-0.4, -0.2) is 20.8 Å². The van der Waals surface area contributed by atoms with E-state index in [2.05, 4.69) is 33.9 Å². The van der Waals surface area contributed by atoms with Gasteiger partial charge in [-0.05, 0) is 36.9 Å². The molecule has 0 aromatic carbocycles. The highest BCUT2D eigenvalue weighted by atomic mass is 28.4. The van der Waals surface area contributed by atoms with E-state index in [1.54, 1.807) is 0 Å². The van der Waals surface area contributed by atoms with E-state index in [1.807, 2.05) is 0 Å². The summed E-state index contributed by atoms with van der Waals surface area (Å²) in [5.74, 6) is 0.475. The van der Waals surface area contributed by atoms with Gasteiger partial charge in [-0.3, -0.25) is 4.79 Å². The number of carbonyl (C=O) groups is 1. The molecule has 1 saturated carbocycles. The minimum Gasteiger partial charge on any atom is -0.417 e. The molecule has 16 heavy (non-hydrogen) atoms. The minimum absolute atomic E-state index is 0.128. The number of rotatable bonds is 5. The average Bonchev–Trinajstić information content (AvgIpc) is 2.81. The summed E-state index contributed by atoms with van der Waals surface area (Å²) in [6, 6.07) is 0. The highest BCUT2D eigenvalue weighted by Crippen LogP contribution is 2.42. The molecule has 1 aliphatic rings. The van der Waals surface area contributed by atoms with Gasteiger partial charge < -0.3 is 10.2 Å². The Hall–Kier alpha value is -0.353. The standard InChI is InChI=1S/C12H25NO2Si/c1-12(2,3)16(4,5)15-7-6-9-8-10(9)11(13)14/h9-10H,6-8H2,1-5H3,(H2,13,14)/t9-,10-/m0/s1. The van der Waals surface area contributed by atoms with Crippen molar-refractivity contribution < 1.29 is 9.22 Å². The molecule has 1 amide bonds. The first-order chi connectivity index (χ1) is 7.15. The maximum absolute atomic E-state index is 10.9. The molecule has 3 nitrogen and oxygen atoms in total. The average molecular weight is 243 g/mol. The Kier molecular flexibility index (Phi) is 3.85. The first-order valence-electron chi connectivity index (χ1n) is 6.08. The molecule has 0 aromatic rings. The zero-order valence-electron chi connectivity index (χ0n) is 11.2. The largest absolute Gasteiger partial charge is 0.417 e. The second-order valence-corrected chi connectivity index (χ2v) is 11.2. The molecule has 0 spiro atoms. The Morgan fingerprint density at radius 2 is 2.00 bits per heavy atom. The van der Waals surface area contributed by atoms with Crippen LogP contribution in [0.15, 0.2) is 0 Å². The first-order valence-corrected chi connectivity index (χ1v) is 8.99. The molecule has 94 valence electrons. The summed E-state index contributed by atoms with van der Waals surface area (Å²) >= 11 is 0. The number of hydrogen-bond acceptors (Lipinski definition) is 2. The smallest absolute Gasteiger partial charge is 0.220 e. The highest BCUT2D eigenvalue weighted by molar-refractivity contribution is 6.74. The van der Waals surface area contributed by atoms with Gasteiger partial charge in [0, 0.05) is 12.5 Å². The van der Waals surface area contributed by atoms with Crippen molar-refractivity contribution in [2.24, 2.45) is 17.6 Å². The molecule has 1 fully saturated rings. The van der Waals surface area contributed by atoms with Gasteiger partial charge in [-0.15, -0.1) is 0 Å². The number of nitrogens with two attached hydrogens (primary N) is 1. The lowest BCUT2D eigenvalue weighted by atomic mass is 10.2. The fourth-order valence-corrected chi connectivity index (χ4v) is 2.66. The summed E-state index contributed by atoms with van der Waals surface area (Å²) in [5.41, 5.74) is 5.24. The molecule has 4 heteroatoms. The lowest BCUT2D eigenvalue weighted by molar-refractivity contribution is -0.119. The highest BCUT2D eigenvalue weighted by Gasteiger charge is 2.42. The minimum atomic E-state index is -1.61. The Labute approximate surface area is 99.9 Å². The normalized spacial score (nSPS) is 25.6. The van der Waals surface area contributed by atoms with E-state index in [1.165, 1.54) is 0 Å². The summed E-state index contributed by atoms with van der Waals surface area (Å²) in [4.78, 5) is 10.9. The van der Waals surface area contributed by atoms with Crippen molar-refractivity contribution in [3.63, 3.8) is 0 Å². The second-order valence-electron chi connectivity index (χ2n) is 6.40. The molecule has 2 N–H and O–H groups in total. The van der Waals surface area contributed by atoms with Gasteiger partial charge in [-0.25, -0.2) is 0 Å². The Morgan fingerprint density at radius 1 is 1.44 bits per heavy atom. The van der Waals surface area contributed by atoms with Gasteiger partial charge in [0.25, 0.3) is 0 Å². The van der Waals surface area contributed by atoms with Crippen LogP contribution >= 0.6 is 0 Å². The van der Waals surface area contributed by atoms with Crippen LogP contribution in [0.3, 0.4) is 0 Å². The quantitative estimate of drug-likeness (QED) is 0.754. The summed E-state index contributed by atoms with van der Waals surface area (Å²) < 4.78 is 6.06. The summed E-state index contributed by atoms with van der Waals surface area (Å²) in [5, 5.41) is 0.264. The van der Waals surface area contributed by atoms with E-state index < -0.39 is 8.32 Å². The van der Waals surface area contributed by atoms with Gasteiger partial charge >= 0.3 is 0 Å². The zero-order valence-corrected chi connectivity index (χ0v) is 12.2. The third-order valence-electron chi connectivity index (χ3n) is 4.05. The Bertz CT molecular complexity index is 271. The number of amides is 1. The molecule has 1 rings (SSSR count). The van der Waals surface area contributed by atoms with Crippen molar-refractivity contribution in [1.29, 1.82) is 0 Å². The lowest BCUT2D eigenvalue weighted by Crippen LogP contribution is -2.41. The first kappa shape index (κ1) is 13.7. The van der Waals surface area contributed by atoms with E-state index in [4.69, 9.17) is 10.2 Å². The molecule has 1 aliphatic carbocycles. The molecule has 0 saturated heterocycles. The number of carbonyl (C=O) groups excluding carboxylic acids is 1.